The van der Waals surface area contributed by atoms with Crippen LogP contribution in [0.1, 0.15) is 5.56 Å². The van der Waals surface area contributed by atoms with E-state index in [2.05, 4.69) is 25.6 Å². The summed E-state index contributed by atoms with van der Waals surface area (Å²) in [4.78, 5) is 12.2. The van der Waals surface area contributed by atoms with Crippen LogP contribution in [0, 0.1) is 0 Å². The molecule has 0 saturated heterocycles. The molecule has 25 heavy (non-hydrogen) atoms. The Hall–Kier alpha value is -2.87. The second-order valence-corrected chi connectivity index (χ2v) is 5.37. The van der Waals surface area contributed by atoms with Gasteiger partial charge in [0.15, 0.2) is 5.82 Å². The van der Waals surface area contributed by atoms with Gasteiger partial charge in [-0.2, -0.15) is 18.2 Å². The highest BCUT2D eigenvalue weighted by atomic mass is 35.5. The van der Waals surface area contributed by atoms with E-state index in [1.54, 1.807) is 24.5 Å². The van der Waals surface area contributed by atoms with Gasteiger partial charge in [-0.1, -0.05) is 17.7 Å². The Morgan fingerprint density at radius 3 is 2.48 bits per heavy atom. The van der Waals surface area contributed by atoms with Crippen LogP contribution in [0.15, 0.2) is 55.0 Å². The quantitative estimate of drug-likeness (QED) is 0.679. The van der Waals surface area contributed by atoms with Crippen LogP contribution in [0.25, 0.3) is 0 Å². The van der Waals surface area contributed by atoms with Gasteiger partial charge in [-0.3, -0.25) is 4.98 Å². The fraction of sp³-hybridized carbons (Fsp3) is 0.0625. The molecule has 0 saturated carbocycles. The lowest BCUT2D eigenvalue weighted by Crippen LogP contribution is -2.06. The monoisotopic (exact) mass is 365 g/mol. The van der Waals surface area contributed by atoms with Crippen LogP contribution in [0.4, 0.5) is 36.3 Å². The van der Waals surface area contributed by atoms with Crippen LogP contribution in [0.3, 0.4) is 0 Å². The number of halogens is 4. The molecular weight excluding hydrogens is 355 g/mol. The highest BCUT2D eigenvalue weighted by Gasteiger charge is 2.30. The zero-order chi connectivity index (χ0) is 17.9. The molecule has 0 unspecified atom stereocenters. The highest BCUT2D eigenvalue weighted by Crippen LogP contribution is 2.32. The molecule has 2 N–H and O–H groups in total. The molecule has 3 aromatic rings. The normalized spacial score (nSPS) is 11.2. The minimum atomic E-state index is -4.43. The second-order valence-electron chi connectivity index (χ2n) is 4.96. The molecule has 0 aliphatic rings. The fourth-order valence-electron chi connectivity index (χ4n) is 1.99. The molecule has 0 aliphatic carbocycles. The number of benzene rings is 1. The van der Waals surface area contributed by atoms with Crippen molar-refractivity contribution in [3.63, 3.8) is 0 Å². The summed E-state index contributed by atoms with van der Waals surface area (Å²) in [5.74, 6) is 0.411. The van der Waals surface area contributed by atoms with Crippen molar-refractivity contribution in [3.05, 3.63) is 65.6 Å². The first-order chi connectivity index (χ1) is 11.9. The fourth-order valence-corrected chi connectivity index (χ4v) is 2.13. The summed E-state index contributed by atoms with van der Waals surface area (Å²) in [7, 11) is 0. The van der Waals surface area contributed by atoms with Crippen LogP contribution >= 0.6 is 11.6 Å². The van der Waals surface area contributed by atoms with E-state index in [0.717, 1.165) is 12.1 Å². The molecule has 9 heteroatoms. The second kappa shape index (κ2) is 6.94. The van der Waals surface area contributed by atoms with E-state index in [1.165, 1.54) is 18.3 Å². The summed E-state index contributed by atoms with van der Waals surface area (Å²) in [6.07, 6.45) is 0.121. The Bertz CT molecular complexity index is 871. The van der Waals surface area contributed by atoms with E-state index < -0.39 is 11.7 Å². The van der Waals surface area contributed by atoms with Gasteiger partial charge in [0.25, 0.3) is 0 Å². The minimum absolute atomic E-state index is 0.175. The van der Waals surface area contributed by atoms with Gasteiger partial charge in [0.2, 0.25) is 5.95 Å². The van der Waals surface area contributed by atoms with E-state index in [-0.39, 0.29) is 22.5 Å². The van der Waals surface area contributed by atoms with E-state index >= 15 is 0 Å². The number of anilines is 4. The molecule has 5 nitrogen and oxygen atoms in total. The first-order valence-corrected chi connectivity index (χ1v) is 7.43. The van der Waals surface area contributed by atoms with Gasteiger partial charge in [0, 0.05) is 11.9 Å². The number of hydrogen-bond donors (Lipinski definition) is 2. The maximum Gasteiger partial charge on any atom is 0.416 e. The standard InChI is InChI=1S/C16H11ClF3N5/c17-13-9-22-15(24-12-5-2-6-21-8-12)25-14(13)23-11-4-1-3-10(7-11)16(18,19)20/h1-9H,(H2,22,23,24,25). The van der Waals surface area contributed by atoms with Gasteiger partial charge >= 0.3 is 6.18 Å². The van der Waals surface area contributed by atoms with Crippen molar-refractivity contribution < 1.29 is 13.2 Å². The van der Waals surface area contributed by atoms with Crippen molar-refractivity contribution in [2.24, 2.45) is 0 Å². The predicted molar refractivity (Wildman–Crippen MR) is 89.3 cm³/mol. The molecular formula is C16H11ClF3N5. The van der Waals surface area contributed by atoms with Crippen LogP contribution in [-0.4, -0.2) is 15.0 Å². The number of pyridine rings is 1. The first-order valence-electron chi connectivity index (χ1n) is 7.06. The largest absolute Gasteiger partial charge is 0.416 e. The Balaban J connectivity index is 1.84. The summed E-state index contributed by atoms with van der Waals surface area (Å²) in [6.45, 7) is 0. The van der Waals surface area contributed by atoms with Crippen molar-refractivity contribution in [1.29, 1.82) is 0 Å². The number of nitrogens with zero attached hydrogens (tertiary/aromatic N) is 3. The lowest BCUT2D eigenvalue weighted by atomic mass is 10.2. The number of hydrogen-bond acceptors (Lipinski definition) is 5. The average molecular weight is 366 g/mol. The Labute approximate surface area is 145 Å². The summed E-state index contributed by atoms with van der Waals surface area (Å²) < 4.78 is 38.4. The number of rotatable bonds is 4. The molecule has 1 aromatic carbocycles. The van der Waals surface area contributed by atoms with Gasteiger partial charge < -0.3 is 10.6 Å². The molecule has 0 bridgehead atoms. The molecule has 0 atom stereocenters. The molecule has 3 rings (SSSR count). The Morgan fingerprint density at radius 2 is 1.76 bits per heavy atom. The first kappa shape index (κ1) is 17.0. The van der Waals surface area contributed by atoms with Crippen LogP contribution in [-0.2, 0) is 6.18 Å². The maximum atomic E-state index is 12.8. The topological polar surface area (TPSA) is 62.7 Å². The SMILES string of the molecule is FC(F)(F)c1cccc(Nc2nc(Nc3cccnc3)ncc2Cl)c1. The van der Waals surface area contributed by atoms with Gasteiger partial charge in [-0.25, -0.2) is 4.98 Å². The molecule has 0 aliphatic heterocycles. The third kappa shape index (κ3) is 4.36. The van der Waals surface area contributed by atoms with Crippen molar-refractivity contribution in [1.82, 2.24) is 15.0 Å². The third-order valence-corrected chi connectivity index (χ3v) is 3.39. The smallest absolute Gasteiger partial charge is 0.339 e. The summed E-state index contributed by atoms with van der Waals surface area (Å²) in [6, 6.07) is 8.26. The predicted octanol–water partition coefficient (Wildman–Crippen LogP) is 5.03. The van der Waals surface area contributed by atoms with Crippen LogP contribution < -0.4 is 10.6 Å². The number of nitrogens with one attached hydrogen (secondary N) is 2. The Morgan fingerprint density at radius 1 is 0.960 bits per heavy atom. The zero-order valence-electron chi connectivity index (χ0n) is 12.5. The van der Waals surface area contributed by atoms with Crippen LogP contribution in [0.2, 0.25) is 5.02 Å². The summed E-state index contributed by atoms with van der Waals surface area (Å²) >= 11 is 6.03. The number of alkyl halides is 3. The Kier molecular flexibility index (Phi) is 4.71. The van der Waals surface area contributed by atoms with Crippen molar-refractivity contribution in [3.8, 4) is 0 Å². The van der Waals surface area contributed by atoms with Gasteiger partial charge in [-0.05, 0) is 30.3 Å². The van der Waals surface area contributed by atoms with Crippen molar-refractivity contribution >= 4 is 34.7 Å². The van der Waals surface area contributed by atoms with E-state index in [0.29, 0.717) is 5.69 Å². The molecule has 0 amide bonds. The van der Waals surface area contributed by atoms with Crippen molar-refractivity contribution in [2.45, 2.75) is 6.18 Å². The molecule has 0 radical (unpaired) electrons. The molecule has 0 fully saturated rings. The van der Waals surface area contributed by atoms with Crippen LogP contribution in [0.5, 0.6) is 0 Å². The van der Waals surface area contributed by atoms with E-state index in [4.69, 9.17) is 11.6 Å². The number of aromatic nitrogens is 3. The van der Waals surface area contributed by atoms with Gasteiger partial charge in [-0.15, -0.1) is 0 Å². The average Bonchev–Trinajstić information content (AvgIpc) is 2.58. The molecule has 0 spiro atoms. The highest BCUT2D eigenvalue weighted by molar-refractivity contribution is 6.32. The molecule has 128 valence electrons. The lowest BCUT2D eigenvalue weighted by molar-refractivity contribution is -0.137. The zero-order valence-corrected chi connectivity index (χ0v) is 13.3. The molecule has 2 heterocycles. The van der Waals surface area contributed by atoms with Crippen molar-refractivity contribution in [2.75, 3.05) is 10.6 Å². The lowest BCUT2D eigenvalue weighted by Gasteiger charge is -2.12. The minimum Gasteiger partial charge on any atom is -0.339 e. The summed E-state index contributed by atoms with van der Waals surface area (Å²) in [5.41, 5.74) is 0.106. The maximum absolute atomic E-state index is 12.8. The molecule has 2 aromatic heterocycles. The third-order valence-electron chi connectivity index (χ3n) is 3.11. The van der Waals surface area contributed by atoms with Gasteiger partial charge in [0.1, 0.15) is 5.02 Å². The van der Waals surface area contributed by atoms with E-state index in [9.17, 15) is 13.2 Å². The van der Waals surface area contributed by atoms with E-state index in [1.807, 2.05) is 0 Å². The van der Waals surface area contributed by atoms with Gasteiger partial charge in [0.05, 0.1) is 23.6 Å². The summed E-state index contributed by atoms with van der Waals surface area (Å²) in [5, 5.41) is 5.88.